The lowest BCUT2D eigenvalue weighted by molar-refractivity contribution is -0.123. The average molecular weight is 616 g/mol. The summed E-state index contributed by atoms with van der Waals surface area (Å²) in [6.45, 7) is 3.03. The summed E-state index contributed by atoms with van der Waals surface area (Å²) in [5.74, 6) is -4.13. The van der Waals surface area contributed by atoms with Crippen molar-refractivity contribution in [1.82, 2.24) is 0 Å². The van der Waals surface area contributed by atoms with Gasteiger partial charge in [-0.25, -0.2) is 0 Å². The molecule has 0 spiro atoms. The number of hydrogen-bond acceptors (Lipinski definition) is 7. The number of aromatic hydroxyl groups is 1. The van der Waals surface area contributed by atoms with Crippen LogP contribution in [0, 0.1) is 17.8 Å². The molecule has 0 bridgehead atoms. The van der Waals surface area contributed by atoms with Gasteiger partial charge < -0.3 is 9.84 Å². The number of methoxy groups -OCH3 is 1. The summed E-state index contributed by atoms with van der Waals surface area (Å²) in [6.07, 6.45) is 3.62. The predicted molar refractivity (Wildman–Crippen MR) is 153 cm³/mol. The van der Waals surface area contributed by atoms with E-state index in [9.17, 15) is 29.1 Å². The SMILES string of the molecule is COc1cc(Br)cc([C@H]2C3=CC[C@@H]4C(=O)N(c5ccc(C(C)=O)cc5)C(=O)[C@@H]4[C@@H]3CC3=C2C(=O)C(C)=CC3=O)c1O. The Kier molecular flexibility index (Phi) is 6.45. The molecule has 1 saturated heterocycles. The van der Waals surface area contributed by atoms with Gasteiger partial charge in [0.25, 0.3) is 0 Å². The largest absolute Gasteiger partial charge is 0.504 e. The van der Waals surface area contributed by atoms with E-state index in [1.165, 1.54) is 25.0 Å². The third-order valence-electron chi connectivity index (χ3n) is 8.70. The van der Waals surface area contributed by atoms with Crippen LogP contribution in [-0.4, -0.2) is 41.4 Å². The third kappa shape index (κ3) is 4.05. The Morgan fingerprint density at radius 2 is 1.76 bits per heavy atom. The number of ether oxygens (including phenoxy) is 1. The van der Waals surface area contributed by atoms with Gasteiger partial charge in [0.2, 0.25) is 11.8 Å². The van der Waals surface area contributed by atoms with Gasteiger partial charge in [0.05, 0.1) is 24.6 Å². The molecule has 2 aromatic rings. The van der Waals surface area contributed by atoms with Crippen LogP contribution in [0.3, 0.4) is 0 Å². The lowest BCUT2D eigenvalue weighted by Gasteiger charge is -2.42. The van der Waals surface area contributed by atoms with Gasteiger partial charge in [-0.1, -0.05) is 27.6 Å². The quantitative estimate of drug-likeness (QED) is 0.222. The number of ketones is 3. The zero-order valence-corrected chi connectivity index (χ0v) is 24.2. The van der Waals surface area contributed by atoms with E-state index >= 15 is 0 Å². The Labute approximate surface area is 244 Å². The van der Waals surface area contributed by atoms with Crippen LogP contribution in [0.15, 0.2) is 75.3 Å². The Balaban J connectivity index is 1.49. The summed E-state index contributed by atoms with van der Waals surface area (Å²) in [5, 5.41) is 11.2. The van der Waals surface area contributed by atoms with Crippen molar-refractivity contribution in [2.24, 2.45) is 17.8 Å². The molecule has 1 fully saturated rings. The van der Waals surface area contributed by atoms with Crippen molar-refractivity contribution in [1.29, 1.82) is 0 Å². The van der Waals surface area contributed by atoms with Gasteiger partial charge in [-0.3, -0.25) is 28.9 Å². The highest BCUT2D eigenvalue weighted by Crippen LogP contribution is 2.57. The molecule has 8 nitrogen and oxygen atoms in total. The van der Waals surface area contributed by atoms with Crippen LogP contribution >= 0.6 is 15.9 Å². The topological polar surface area (TPSA) is 118 Å². The number of carbonyl (C=O) groups is 5. The zero-order chi connectivity index (χ0) is 29.3. The summed E-state index contributed by atoms with van der Waals surface area (Å²) in [5.41, 5.74) is 2.85. The molecule has 6 rings (SSSR count). The Morgan fingerprint density at radius 3 is 2.41 bits per heavy atom. The number of phenolic OH excluding ortho intramolecular Hbond substituents is 1. The number of anilines is 1. The van der Waals surface area contributed by atoms with Crippen LogP contribution in [0.25, 0.3) is 0 Å². The van der Waals surface area contributed by atoms with Gasteiger partial charge in [-0.15, -0.1) is 0 Å². The molecule has 2 amide bonds. The standard InChI is InChI=1S/C32H26BrNO7/c1-14-10-24(36)22-13-21-19(26(28(22)29(14)37)23-11-17(33)12-25(41-3)30(23)38)8-9-20-27(21)32(40)34(31(20)39)18-6-4-16(5-7-18)15(2)35/h4-8,10-12,20-21,26-27,38H,9,13H2,1-3H3/t20-,21+,26+,27-/m0/s1. The number of rotatable bonds is 4. The van der Waals surface area contributed by atoms with Crippen LogP contribution in [0.5, 0.6) is 11.5 Å². The number of hydrogen-bond donors (Lipinski definition) is 1. The van der Waals surface area contributed by atoms with Crippen molar-refractivity contribution in [3.63, 3.8) is 0 Å². The molecule has 0 aromatic heterocycles. The smallest absolute Gasteiger partial charge is 0.238 e. The van der Waals surface area contributed by atoms with E-state index in [0.29, 0.717) is 38.0 Å². The highest BCUT2D eigenvalue weighted by molar-refractivity contribution is 9.10. The number of allylic oxidation sites excluding steroid dienone is 6. The van der Waals surface area contributed by atoms with Gasteiger partial charge in [0.1, 0.15) is 0 Å². The summed E-state index contributed by atoms with van der Waals surface area (Å²) in [7, 11) is 1.42. The Bertz CT molecular complexity index is 1680. The van der Waals surface area contributed by atoms with E-state index in [-0.39, 0.29) is 53.5 Å². The van der Waals surface area contributed by atoms with Crippen molar-refractivity contribution in [3.05, 3.63) is 86.4 Å². The molecule has 0 unspecified atom stereocenters. The second-order valence-corrected chi connectivity index (χ2v) is 11.8. The molecule has 9 heteroatoms. The molecule has 4 atom stereocenters. The molecular formula is C32H26BrNO7. The molecule has 0 saturated carbocycles. The lowest BCUT2D eigenvalue weighted by atomic mass is 9.59. The number of halogens is 1. The van der Waals surface area contributed by atoms with Gasteiger partial charge in [0.15, 0.2) is 28.8 Å². The van der Waals surface area contributed by atoms with E-state index in [4.69, 9.17) is 4.74 Å². The molecule has 0 radical (unpaired) electrons. The van der Waals surface area contributed by atoms with Crippen LogP contribution in [0.4, 0.5) is 5.69 Å². The molecule has 1 aliphatic heterocycles. The maximum Gasteiger partial charge on any atom is 0.238 e. The van der Waals surface area contributed by atoms with Crippen LogP contribution in [0.2, 0.25) is 0 Å². The molecule has 4 aliphatic rings. The number of amides is 2. The molecule has 3 aliphatic carbocycles. The molecule has 1 N–H and O–H groups in total. The molecule has 2 aromatic carbocycles. The monoisotopic (exact) mass is 615 g/mol. The van der Waals surface area contributed by atoms with E-state index < -0.39 is 23.7 Å². The van der Waals surface area contributed by atoms with Crippen molar-refractivity contribution >= 4 is 50.8 Å². The number of imide groups is 1. The first-order chi connectivity index (χ1) is 19.5. The summed E-state index contributed by atoms with van der Waals surface area (Å²) in [4.78, 5) is 67.5. The first kappa shape index (κ1) is 27.1. The van der Waals surface area contributed by atoms with Gasteiger partial charge >= 0.3 is 0 Å². The highest BCUT2D eigenvalue weighted by atomic mass is 79.9. The van der Waals surface area contributed by atoms with Gasteiger partial charge in [-0.05, 0) is 75.1 Å². The summed E-state index contributed by atoms with van der Waals surface area (Å²) >= 11 is 3.46. The summed E-state index contributed by atoms with van der Waals surface area (Å²) in [6, 6.07) is 9.64. The second kappa shape index (κ2) is 9.76. The molecule has 208 valence electrons. The number of nitrogens with zero attached hydrogens (tertiary/aromatic N) is 1. The maximum absolute atomic E-state index is 14.0. The number of fused-ring (bicyclic) bond motifs is 3. The zero-order valence-electron chi connectivity index (χ0n) is 22.6. The summed E-state index contributed by atoms with van der Waals surface area (Å²) < 4.78 is 5.99. The normalized spacial score (nSPS) is 25.4. The fraction of sp³-hybridized carbons (Fsp3) is 0.281. The first-order valence-electron chi connectivity index (χ1n) is 13.3. The third-order valence-corrected chi connectivity index (χ3v) is 9.15. The van der Waals surface area contributed by atoms with Gasteiger partial charge in [-0.2, -0.15) is 0 Å². The molecule has 41 heavy (non-hydrogen) atoms. The second-order valence-electron chi connectivity index (χ2n) is 10.9. The van der Waals surface area contributed by atoms with E-state index in [0.717, 1.165) is 5.57 Å². The lowest BCUT2D eigenvalue weighted by Crippen LogP contribution is -2.39. The average Bonchev–Trinajstić information content (AvgIpc) is 3.21. The number of Topliss-reactive ketones (excluding diaryl/α,β-unsaturated/α-hetero) is 2. The number of benzene rings is 2. The number of carbonyl (C=O) groups excluding carboxylic acids is 5. The van der Waals surface area contributed by atoms with Crippen molar-refractivity contribution in [2.75, 3.05) is 12.0 Å². The van der Waals surface area contributed by atoms with Gasteiger partial charge in [0, 0.05) is 38.2 Å². The molecule has 1 heterocycles. The Morgan fingerprint density at radius 1 is 1.05 bits per heavy atom. The fourth-order valence-corrected chi connectivity index (χ4v) is 7.24. The minimum atomic E-state index is -0.803. The van der Waals surface area contributed by atoms with Crippen LogP contribution < -0.4 is 9.64 Å². The maximum atomic E-state index is 14.0. The number of phenols is 1. The van der Waals surface area contributed by atoms with E-state index in [1.54, 1.807) is 43.3 Å². The Hall–Kier alpha value is -4.11. The minimum absolute atomic E-state index is 0.126. The van der Waals surface area contributed by atoms with Crippen molar-refractivity contribution < 1.29 is 33.8 Å². The van der Waals surface area contributed by atoms with E-state index in [2.05, 4.69) is 15.9 Å². The highest BCUT2D eigenvalue weighted by Gasteiger charge is 2.57. The van der Waals surface area contributed by atoms with Crippen molar-refractivity contribution in [2.45, 2.75) is 32.6 Å². The van der Waals surface area contributed by atoms with E-state index in [1.807, 2.05) is 6.08 Å². The predicted octanol–water partition coefficient (Wildman–Crippen LogP) is 5.00. The van der Waals surface area contributed by atoms with Crippen molar-refractivity contribution in [3.8, 4) is 11.5 Å². The van der Waals surface area contributed by atoms with Crippen LogP contribution in [-0.2, 0) is 19.2 Å². The fourth-order valence-electron chi connectivity index (χ4n) is 6.79. The molecular weight excluding hydrogens is 590 g/mol. The van der Waals surface area contributed by atoms with Crippen LogP contribution in [0.1, 0.15) is 48.5 Å². The minimum Gasteiger partial charge on any atom is -0.504 e. The first-order valence-corrected chi connectivity index (χ1v) is 14.1.